The Morgan fingerprint density at radius 1 is 0.889 bits per heavy atom. The Morgan fingerprint density at radius 2 is 1.41 bits per heavy atom. The van der Waals surface area contributed by atoms with Gasteiger partial charge in [-0.3, -0.25) is 19.3 Å². The third-order valence-corrected chi connectivity index (χ3v) is 12.3. The van der Waals surface area contributed by atoms with Crippen LogP contribution in [0.5, 0.6) is 0 Å². The van der Waals surface area contributed by atoms with Crippen LogP contribution in [0, 0.1) is 0 Å². The Morgan fingerprint density at radius 3 is 1.89 bits per heavy atom. The van der Waals surface area contributed by atoms with Crippen LogP contribution < -0.4 is 0 Å². The van der Waals surface area contributed by atoms with Gasteiger partial charge in [-0.2, -0.15) is 0 Å². The second-order valence-corrected chi connectivity index (χ2v) is 17.1. The van der Waals surface area contributed by atoms with E-state index in [0.29, 0.717) is 13.1 Å². The van der Waals surface area contributed by atoms with E-state index in [2.05, 4.69) is 26.2 Å². The Balaban J connectivity index is 1.73. The summed E-state index contributed by atoms with van der Waals surface area (Å²) in [5.74, 6) is -0.607. The molecule has 3 amide bonds. The molecule has 1 unspecified atom stereocenters. The predicted molar refractivity (Wildman–Crippen MR) is 108 cm³/mol. The van der Waals surface area contributed by atoms with Gasteiger partial charge in [0.25, 0.3) is 11.8 Å². The van der Waals surface area contributed by atoms with Crippen molar-refractivity contribution in [2.75, 3.05) is 13.1 Å². The lowest BCUT2D eigenvalue weighted by Gasteiger charge is -2.35. The fraction of sp³-hybridized carbons (Fsp3) is 0.611. The van der Waals surface area contributed by atoms with Crippen LogP contribution in [0.4, 0.5) is 0 Å². The van der Waals surface area contributed by atoms with Crippen molar-refractivity contribution in [2.45, 2.75) is 57.3 Å². The van der Waals surface area contributed by atoms with Crippen molar-refractivity contribution in [3.63, 3.8) is 0 Å². The van der Waals surface area contributed by atoms with E-state index >= 15 is 0 Å². The smallest absolute Gasteiger partial charge is 0.253 e. The van der Waals surface area contributed by atoms with E-state index in [9.17, 15) is 19.5 Å². The molecular formula is C18H30N2O5Si2. The largest absolute Gasteiger partial charge is 0.455 e. The van der Waals surface area contributed by atoms with Crippen LogP contribution in [0.3, 0.4) is 0 Å². The number of carbonyl (C=O) groups excluding carboxylic acids is 3. The first kappa shape index (κ1) is 21.7. The van der Waals surface area contributed by atoms with Crippen LogP contribution >= 0.6 is 0 Å². The number of hydrogen-bond acceptors (Lipinski definition) is 5. The minimum absolute atomic E-state index is 0.141. The highest BCUT2D eigenvalue weighted by Crippen LogP contribution is 2.25. The number of hydrogen-bond donors (Lipinski definition) is 1. The summed E-state index contributed by atoms with van der Waals surface area (Å²) in [5.41, 5.74) is 0. The van der Waals surface area contributed by atoms with Gasteiger partial charge in [-0.25, -0.2) is 0 Å². The molecule has 1 N–H and O–H groups in total. The number of amides is 3. The normalized spacial score (nSPS) is 20.5. The molecule has 0 radical (unpaired) electrons. The Kier molecular flexibility index (Phi) is 6.95. The first-order chi connectivity index (χ1) is 12.5. The molecule has 0 aliphatic carbocycles. The zero-order chi connectivity index (χ0) is 20.2. The van der Waals surface area contributed by atoms with E-state index < -0.39 is 22.9 Å². The fourth-order valence-corrected chi connectivity index (χ4v) is 12.4. The number of carbonyl (C=O) groups is 3. The minimum Gasteiger partial charge on any atom is -0.455 e. The maximum atomic E-state index is 11.7. The van der Waals surface area contributed by atoms with Crippen molar-refractivity contribution < 1.29 is 23.6 Å². The van der Waals surface area contributed by atoms with Crippen molar-refractivity contribution in [1.29, 1.82) is 0 Å². The number of aliphatic hydroxyl groups excluding tert-OH is 1. The highest BCUT2D eigenvalue weighted by Gasteiger charge is 2.34. The number of imide groups is 1. The molecule has 0 bridgehead atoms. The van der Waals surface area contributed by atoms with E-state index in [1.54, 1.807) is 0 Å². The maximum Gasteiger partial charge on any atom is 0.253 e. The molecule has 27 heavy (non-hydrogen) atoms. The lowest BCUT2D eigenvalue weighted by molar-refractivity contribution is -0.137. The third kappa shape index (κ3) is 6.23. The molecule has 9 heteroatoms. The molecule has 0 aromatic heterocycles. The van der Waals surface area contributed by atoms with E-state index in [-0.39, 0.29) is 17.7 Å². The molecule has 2 rings (SSSR count). The van der Waals surface area contributed by atoms with E-state index in [1.807, 2.05) is 0 Å². The van der Waals surface area contributed by atoms with Gasteiger partial charge in [-0.15, -0.1) is 0 Å². The van der Waals surface area contributed by atoms with Gasteiger partial charge in [0.15, 0.2) is 16.6 Å². The van der Waals surface area contributed by atoms with E-state index in [4.69, 9.17) is 4.12 Å². The highest BCUT2D eigenvalue weighted by atomic mass is 28.4. The number of aliphatic hydroxyl groups is 1. The number of rotatable bonds is 10. The van der Waals surface area contributed by atoms with Crippen molar-refractivity contribution in [1.82, 2.24) is 9.80 Å². The SMILES string of the molecule is C[Si](C)(CCCN1C(=O)C=CC1=O)O[Si](C)(C)CCCN1C(=O)C=CC1O. The molecule has 0 spiro atoms. The van der Waals surface area contributed by atoms with Gasteiger partial charge in [0.05, 0.1) is 0 Å². The van der Waals surface area contributed by atoms with Crippen LogP contribution in [-0.4, -0.2) is 68.6 Å². The van der Waals surface area contributed by atoms with Gasteiger partial charge < -0.3 is 14.1 Å². The summed E-state index contributed by atoms with van der Waals surface area (Å²) in [6.07, 6.45) is 6.29. The van der Waals surface area contributed by atoms with Crippen LogP contribution in [0.2, 0.25) is 38.3 Å². The Bertz CT molecular complexity index is 642. The van der Waals surface area contributed by atoms with Crippen LogP contribution in [0.1, 0.15) is 12.8 Å². The molecular weight excluding hydrogens is 380 g/mol. The molecule has 1 atom stereocenters. The Hall–Kier alpha value is -1.56. The molecule has 0 saturated heterocycles. The van der Waals surface area contributed by atoms with E-state index in [1.165, 1.54) is 34.1 Å². The third-order valence-electron chi connectivity index (χ3n) is 4.80. The molecule has 0 fully saturated rings. The summed E-state index contributed by atoms with van der Waals surface area (Å²) in [4.78, 5) is 37.6. The minimum atomic E-state index is -1.91. The second kappa shape index (κ2) is 8.64. The van der Waals surface area contributed by atoms with Crippen molar-refractivity contribution >= 4 is 34.4 Å². The summed E-state index contributed by atoms with van der Waals surface area (Å²) >= 11 is 0. The van der Waals surface area contributed by atoms with Gasteiger partial charge in [0.2, 0.25) is 5.91 Å². The monoisotopic (exact) mass is 410 g/mol. The van der Waals surface area contributed by atoms with Crippen LogP contribution in [0.25, 0.3) is 0 Å². The van der Waals surface area contributed by atoms with Crippen LogP contribution in [-0.2, 0) is 18.5 Å². The molecule has 2 aliphatic heterocycles. The average molecular weight is 411 g/mol. The number of nitrogens with zero attached hydrogens (tertiary/aromatic N) is 2. The van der Waals surface area contributed by atoms with Gasteiger partial charge >= 0.3 is 0 Å². The quantitative estimate of drug-likeness (QED) is 0.439. The topological polar surface area (TPSA) is 87.2 Å². The second-order valence-electron chi connectivity index (χ2n) is 8.29. The Labute approximate surface area is 162 Å². The van der Waals surface area contributed by atoms with Gasteiger partial charge in [-0.05, 0) is 57.2 Å². The predicted octanol–water partition coefficient (Wildman–Crippen LogP) is 1.84. The molecule has 150 valence electrons. The molecule has 0 saturated carbocycles. The van der Waals surface area contributed by atoms with E-state index in [0.717, 1.165) is 24.9 Å². The zero-order valence-electron chi connectivity index (χ0n) is 16.6. The zero-order valence-corrected chi connectivity index (χ0v) is 18.6. The van der Waals surface area contributed by atoms with Crippen molar-refractivity contribution in [3.8, 4) is 0 Å². The summed E-state index contributed by atoms with van der Waals surface area (Å²) < 4.78 is 6.55. The standard InChI is InChI=1S/C18H30N2O5Si2/c1-26(2,13-5-11-19-15(21)7-8-16(19)22)25-27(3,4)14-6-12-20-17(23)9-10-18(20)24/h7-10,15,21H,5-6,11-14H2,1-4H3. The van der Waals surface area contributed by atoms with Crippen molar-refractivity contribution in [2.24, 2.45) is 0 Å². The molecule has 0 aromatic rings. The summed E-state index contributed by atoms with van der Waals surface area (Å²) in [6.45, 7) is 9.67. The first-order valence-electron chi connectivity index (χ1n) is 9.41. The van der Waals surface area contributed by atoms with Gasteiger partial charge in [0.1, 0.15) is 6.23 Å². The van der Waals surface area contributed by atoms with Crippen LogP contribution in [0.15, 0.2) is 24.3 Å². The maximum absolute atomic E-state index is 11.7. The molecule has 2 heterocycles. The highest BCUT2D eigenvalue weighted by molar-refractivity contribution is 6.84. The summed E-state index contributed by atoms with van der Waals surface area (Å²) in [7, 11) is -3.81. The molecule has 7 nitrogen and oxygen atoms in total. The summed E-state index contributed by atoms with van der Waals surface area (Å²) in [6, 6.07) is 1.79. The van der Waals surface area contributed by atoms with Gasteiger partial charge in [0, 0.05) is 31.3 Å². The molecule has 0 aromatic carbocycles. The lowest BCUT2D eigenvalue weighted by Crippen LogP contribution is -2.45. The van der Waals surface area contributed by atoms with Gasteiger partial charge in [-0.1, -0.05) is 0 Å². The molecule has 2 aliphatic rings. The summed E-state index contributed by atoms with van der Waals surface area (Å²) in [5, 5.41) is 9.75. The first-order valence-corrected chi connectivity index (χ1v) is 15.6. The van der Waals surface area contributed by atoms with Crippen molar-refractivity contribution in [3.05, 3.63) is 24.3 Å². The fourth-order valence-electron chi connectivity index (χ4n) is 3.58. The average Bonchev–Trinajstić information content (AvgIpc) is 3.03. The lowest BCUT2D eigenvalue weighted by atomic mass is 10.4.